The molecular formula is C29H33ClF4N4O4. The van der Waals surface area contributed by atoms with Crippen LogP contribution in [0.1, 0.15) is 44.4 Å². The Hall–Kier alpha value is -3.03. The number of aliphatic hydroxyl groups excluding tert-OH is 1. The Labute approximate surface area is 246 Å². The van der Waals surface area contributed by atoms with E-state index in [4.69, 9.17) is 16.4 Å². The third kappa shape index (κ3) is 6.63. The molecule has 3 atom stereocenters. The number of hydrogen-bond donors (Lipinski definition) is 2. The summed E-state index contributed by atoms with van der Waals surface area (Å²) in [6.45, 7) is 7.42. The minimum atomic E-state index is -1.41. The minimum absolute atomic E-state index is 0.0281. The molecule has 0 aromatic heterocycles. The number of hydroxylamine groups is 2. The number of carboxylic acid groups (broad SMARTS) is 1. The summed E-state index contributed by atoms with van der Waals surface area (Å²) in [5, 5.41) is 22.8. The Balaban J connectivity index is 1.99. The van der Waals surface area contributed by atoms with E-state index in [1.54, 1.807) is 18.9 Å². The number of aliphatic hydroxyl groups is 1. The largest absolute Gasteiger partial charge is 0.478 e. The predicted molar refractivity (Wildman–Crippen MR) is 149 cm³/mol. The highest BCUT2D eigenvalue weighted by Crippen LogP contribution is 2.42. The summed E-state index contributed by atoms with van der Waals surface area (Å²) in [5.74, 6) is -5.92. The van der Waals surface area contributed by atoms with Gasteiger partial charge in [-0.2, -0.15) is 5.06 Å². The molecular weight excluding hydrogens is 580 g/mol. The number of hydrogen-bond acceptors (Lipinski definition) is 7. The van der Waals surface area contributed by atoms with Gasteiger partial charge in [-0.3, -0.25) is 14.7 Å². The molecule has 42 heavy (non-hydrogen) atoms. The van der Waals surface area contributed by atoms with Crippen molar-refractivity contribution in [3.05, 3.63) is 81.0 Å². The second-order valence-corrected chi connectivity index (χ2v) is 10.5. The van der Waals surface area contributed by atoms with E-state index in [9.17, 15) is 23.8 Å². The Morgan fingerprint density at radius 1 is 1.07 bits per heavy atom. The summed E-state index contributed by atoms with van der Waals surface area (Å²) in [4.78, 5) is 26.5. The number of likely N-dealkylation sites (N-methyl/N-ethyl adjacent to an activating group) is 1. The lowest BCUT2D eigenvalue weighted by Gasteiger charge is -2.45. The Morgan fingerprint density at radius 3 is 2.24 bits per heavy atom. The van der Waals surface area contributed by atoms with Crippen LogP contribution in [0.4, 0.5) is 17.6 Å². The molecule has 1 saturated heterocycles. The first kappa shape index (κ1) is 31.9. The monoisotopic (exact) mass is 612 g/mol. The van der Waals surface area contributed by atoms with Crippen molar-refractivity contribution in [3.63, 3.8) is 0 Å². The van der Waals surface area contributed by atoms with E-state index in [2.05, 4.69) is 4.99 Å². The van der Waals surface area contributed by atoms with E-state index >= 15 is 8.78 Å². The third-order valence-electron chi connectivity index (χ3n) is 7.29. The zero-order chi connectivity index (χ0) is 30.7. The third-order valence-corrected chi connectivity index (χ3v) is 7.61. The fraction of sp³-hybridized carbons (Fsp3) is 0.448. The van der Waals surface area contributed by atoms with Crippen LogP contribution in [-0.4, -0.2) is 88.4 Å². The molecule has 2 aliphatic rings. The van der Waals surface area contributed by atoms with Gasteiger partial charge in [0.15, 0.2) is 0 Å². The first-order valence-corrected chi connectivity index (χ1v) is 14.1. The predicted octanol–water partition coefficient (Wildman–Crippen LogP) is 4.77. The summed E-state index contributed by atoms with van der Waals surface area (Å²) < 4.78 is 58.5. The Bertz CT molecular complexity index is 1360. The van der Waals surface area contributed by atoms with Crippen molar-refractivity contribution >= 4 is 23.4 Å². The number of carboxylic acids is 1. The quantitative estimate of drug-likeness (QED) is 0.374. The van der Waals surface area contributed by atoms with Gasteiger partial charge < -0.3 is 15.1 Å². The van der Waals surface area contributed by atoms with E-state index in [1.807, 2.05) is 11.8 Å². The highest BCUT2D eigenvalue weighted by atomic mass is 35.5. The lowest BCUT2D eigenvalue weighted by atomic mass is 9.89. The number of benzene rings is 2. The molecule has 2 aromatic rings. The van der Waals surface area contributed by atoms with Crippen LogP contribution >= 0.6 is 11.6 Å². The number of aliphatic carboxylic acids is 1. The summed E-state index contributed by atoms with van der Waals surface area (Å²) in [6.07, 6.45) is -0.821. The van der Waals surface area contributed by atoms with Crippen molar-refractivity contribution < 1.29 is 37.4 Å². The number of carbonyl (C=O) groups is 1. The molecule has 13 heteroatoms. The van der Waals surface area contributed by atoms with Crippen molar-refractivity contribution in [1.29, 1.82) is 0 Å². The van der Waals surface area contributed by atoms with Crippen LogP contribution in [0.5, 0.6) is 0 Å². The van der Waals surface area contributed by atoms with Crippen molar-refractivity contribution in [2.75, 3.05) is 39.3 Å². The van der Waals surface area contributed by atoms with E-state index in [0.717, 1.165) is 12.1 Å². The van der Waals surface area contributed by atoms with Gasteiger partial charge in [0.05, 0.1) is 29.9 Å². The molecule has 1 fully saturated rings. The van der Waals surface area contributed by atoms with Crippen molar-refractivity contribution in [2.24, 2.45) is 4.99 Å². The van der Waals surface area contributed by atoms with Gasteiger partial charge in [-0.1, -0.05) is 17.7 Å². The summed E-state index contributed by atoms with van der Waals surface area (Å²) >= 11 is 6.38. The molecule has 2 aromatic carbocycles. The standard InChI is InChI=1S/C29H33ClF4N4O4/c1-4-38-27(23(12-16(3)39)36-8-10-37(11-9-36)42-5-2)25(29(40)41)26(19-7-6-17(31)13-20(19)30)35-28(38)24-21(33)14-18(32)15-22(24)34/h6-7,13-16,23,26,39H,4-5,8-12H2,1-3H3,(H,40,41). The van der Waals surface area contributed by atoms with E-state index < -0.39 is 53.0 Å². The van der Waals surface area contributed by atoms with Crippen LogP contribution in [0.2, 0.25) is 5.02 Å². The van der Waals surface area contributed by atoms with Gasteiger partial charge in [0, 0.05) is 61.1 Å². The maximum atomic E-state index is 15.3. The molecule has 0 bridgehead atoms. The summed E-state index contributed by atoms with van der Waals surface area (Å²) in [7, 11) is 0. The van der Waals surface area contributed by atoms with E-state index in [1.165, 1.54) is 11.0 Å². The smallest absolute Gasteiger partial charge is 0.335 e. The number of aliphatic imine (C=N–C) groups is 1. The van der Waals surface area contributed by atoms with Gasteiger partial charge in [-0.15, -0.1) is 0 Å². The number of piperazine rings is 1. The number of halogens is 5. The molecule has 0 spiro atoms. The fourth-order valence-electron chi connectivity index (χ4n) is 5.55. The van der Waals surface area contributed by atoms with Crippen LogP contribution in [0, 0.1) is 23.3 Å². The zero-order valence-corrected chi connectivity index (χ0v) is 24.2. The zero-order valence-electron chi connectivity index (χ0n) is 23.5. The number of nitrogens with zero attached hydrogens (tertiary/aromatic N) is 4. The molecule has 2 N–H and O–H groups in total. The lowest BCUT2D eigenvalue weighted by Crippen LogP contribution is -2.55. The SMILES string of the molecule is CCON1CCN(C(CC(C)O)C2=C(C(=O)O)C(c3ccc(F)cc3Cl)N=C(c3c(F)cc(F)cc3F)N2CC)CC1. The molecule has 3 unspecified atom stereocenters. The van der Waals surface area contributed by atoms with Gasteiger partial charge in [0.25, 0.3) is 0 Å². The maximum absolute atomic E-state index is 15.3. The topological polar surface area (TPSA) is 88.8 Å². The number of amidine groups is 1. The molecule has 0 radical (unpaired) electrons. The second-order valence-electron chi connectivity index (χ2n) is 10.1. The van der Waals surface area contributed by atoms with Crippen LogP contribution in [-0.2, 0) is 9.63 Å². The highest BCUT2D eigenvalue weighted by molar-refractivity contribution is 6.31. The van der Waals surface area contributed by atoms with Crippen molar-refractivity contribution in [3.8, 4) is 0 Å². The van der Waals surface area contributed by atoms with Crippen LogP contribution in [0.25, 0.3) is 0 Å². The normalized spacial score (nSPS) is 20.1. The first-order chi connectivity index (χ1) is 20.0. The van der Waals surface area contributed by atoms with Gasteiger partial charge in [0.1, 0.15) is 35.1 Å². The number of rotatable bonds is 10. The van der Waals surface area contributed by atoms with E-state index in [-0.39, 0.29) is 40.7 Å². The lowest BCUT2D eigenvalue weighted by molar-refractivity contribution is -0.175. The average molecular weight is 613 g/mol. The Morgan fingerprint density at radius 2 is 1.71 bits per heavy atom. The summed E-state index contributed by atoms with van der Waals surface area (Å²) in [6, 6.07) is 2.23. The second kappa shape index (κ2) is 13.5. The van der Waals surface area contributed by atoms with Crippen LogP contribution < -0.4 is 0 Å². The fourth-order valence-corrected chi connectivity index (χ4v) is 5.82. The summed E-state index contributed by atoms with van der Waals surface area (Å²) in [5.41, 5.74) is -0.648. The molecule has 2 heterocycles. The van der Waals surface area contributed by atoms with Crippen molar-refractivity contribution in [1.82, 2.24) is 14.9 Å². The van der Waals surface area contributed by atoms with E-state index in [0.29, 0.717) is 44.9 Å². The molecule has 0 amide bonds. The van der Waals surface area contributed by atoms with Crippen molar-refractivity contribution in [2.45, 2.75) is 45.4 Å². The first-order valence-electron chi connectivity index (χ1n) is 13.7. The van der Waals surface area contributed by atoms with Gasteiger partial charge in [0.2, 0.25) is 0 Å². The van der Waals surface area contributed by atoms with Crippen LogP contribution in [0.3, 0.4) is 0 Å². The average Bonchev–Trinajstić information content (AvgIpc) is 2.91. The highest BCUT2D eigenvalue weighted by Gasteiger charge is 2.42. The Kier molecular flexibility index (Phi) is 10.3. The molecule has 228 valence electrons. The maximum Gasteiger partial charge on any atom is 0.335 e. The van der Waals surface area contributed by atoms with Gasteiger partial charge in [-0.05, 0) is 39.3 Å². The molecule has 4 rings (SSSR count). The molecule has 0 aliphatic carbocycles. The van der Waals surface area contributed by atoms with Gasteiger partial charge in [-0.25, -0.2) is 22.4 Å². The molecule has 0 saturated carbocycles. The molecule has 2 aliphatic heterocycles. The van der Waals surface area contributed by atoms with Gasteiger partial charge >= 0.3 is 5.97 Å². The minimum Gasteiger partial charge on any atom is -0.478 e. The van der Waals surface area contributed by atoms with Crippen LogP contribution in [0.15, 0.2) is 46.6 Å². The molecule has 8 nitrogen and oxygen atoms in total.